The molecule has 0 N–H and O–H groups in total. The highest BCUT2D eigenvalue weighted by atomic mass is 15.1. The fraction of sp³-hybridized carbons (Fsp3) is 0.464. The number of nitrogens with zero attached hydrogens (tertiary/aromatic N) is 2. The van der Waals surface area contributed by atoms with Crippen molar-refractivity contribution >= 4 is 45.3 Å². The molecule has 3 heterocycles. The Morgan fingerprint density at radius 1 is 0.508 bits per heavy atom. The van der Waals surface area contributed by atoms with Crippen LogP contribution < -0.4 is 15.7 Å². The molecule has 1 aromatic heterocycles. The van der Waals surface area contributed by atoms with Gasteiger partial charge < -0.3 is 9.38 Å². The van der Waals surface area contributed by atoms with Crippen LogP contribution in [0.15, 0.2) is 72.8 Å². The summed E-state index contributed by atoms with van der Waals surface area (Å²) in [6.45, 7) is 33.2. The van der Waals surface area contributed by atoms with E-state index in [1.165, 1.54) is 110 Å². The number of hydrogen-bond acceptors (Lipinski definition) is 1. The first-order chi connectivity index (χ1) is 27.6. The van der Waals surface area contributed by atoms with E-state index >= 15 is 0 Å². The number of aryl methyl sites for hydroxylation is 1. The van der Waals surface area contributed by atoms with Gasteiger partial charge in [0.15, 0.2) is 0 Å². The van der Waals surface area contributed by atoms with Crippen LogP contribution in [-0.4, -0.2) is 11.4 Å². The van der Waals surface area contributed by atoms with E-state index in [2.05, 4.69) is 172 Å². The molecule has 6 aromatic rings. The molecule has 2 nitrogen and oxygen atoms in total. The summed E-state index contributed by atoms with van der Waals surface area (Å²) in [5, 5.41) is 2.80. The zero-order valence-electron chi connectivity index (χ0n) is 38.3. The average Bonchev–Trinajstić information content (AvgIpc) is 3.53. The van der Waals surface area contributed by atoms with E-state index in [9.17, 15) is 0 Å². The van der Waals surface area contributed by atoms with E-state index < -0.39 is 0 Å². The van der Waals surface area contributed by atoms with Crippen molar-refractivity contribution in [3.05, 3.63) is 117 Å². The summed E-state index contributed by atoms with van der Waals surface area (Å²) in [5.41, 5.74) is 24.3. The van der Waals surface area contributed by atoms with Gasteiger partial charge in [-0.25, -0.2) is 0 Å². The number of rotatable bonds is 2. The van der Waals surface area contributed by atoms with Crippen LogP contribution in [0.25, 0.3) is 38.6 Å². The second-order valence-electron chi connectivity index (χ2n) is 23.8. The van der Waals surface area contributed by atoms with Gasteiger partial charge in [-0.15, -0.1) is 0 Å². The summed E-state index contributed by atoms with van der Waals surface area (Å²) < 4.78 is 2.71. The lowest BCUT2D eigenvalue weighted by molar-refractivity contribution is 0.331. The van der Waals surface area contributed by atoms with Crippen LogP contribution in [0.5, 0.6) is 0 Å². The summed E-state index contributed by atoms with van der Waals surface area (Å²) in [6, 6.07) is 30.2. The molecule has 0 fully saturated rings. The fourth-order valence-electron chi connectivity index (χ4n) is 13.0. The maximum absolute atomic E-state index is 2.89. The molecule has 3 heteroatoms. The topological polar surface area (TPSA) is 8.17 Å². The van der Waals surface area contributed by atoms with Gasteiger partial charge in [-0.3, -0.25) is 0 Å². The first-order valence-electron chi connectivity index (χ1n) is 23.0. The number of anilines is 1. The third-order valence-corrected chi connectivity index (χ3v) is 17.1. The highest BCUT2D eigenvalue weighted by Gasteiger charge is 2.48. The molecule has 5 aromatic carbocycles. The number of fused-ring (bicyclic) bond motifs is 11. The molecular formula is C56H65BN2. The van der Waals surface area contributed by atoms with Gasteiger partial charge in [0, 0.05) is 34.3 Å². The van der Waals surface area contributed by atoms with Gasteiger partial charge in [0.05, 0.1) is 11.0 Å². The van der Waals surface area contributed by atoms with Crippen molar-refractivity contribution < 1.29 is 0 Å². The Hall–Kier alpha value is -4.24. The van der Waals surface area contributed by atoms with Gasteiger partial charge in [-0.2, -0.15) is 0 Å². The lowest BCUT2D eigenvalue weighted by Crippen LogP contribution is -2.62. The molecule has 302 valence electrons. The van der Waals surface area contributed by atoms with Crippen molar-refractivity contribution in [2.75, 3.05) is 4.81 Å². The maximum atomic E-state index is 2.89. The third kappa shape index (κ3) is 5.06. The van der Waals surface area contributed by atoms with Gasteiger partial charge in [-0.1, -0.05) is 132 Å². The lowest BCUT2D eigenvalue weighted by atomic mass is 9.43. The van der Waals surface area contributed by atoms with Gasteiger partial charge >= 0.3 is 6.85 Å². The summed E-state index contributed by atoms with van der Waals surface area (Å²) in [7, 11) is 0. The highest BCUT2D eigenvalue weighted by molar-refractivity contribution is 6.92. The predicted octanol–water partition coefficient (Wildman–Crippen LogP) is 13.2. The third-order valence-electron chi connectivity index (χ3n) is 17.1. The van der Waals surface area contributed by atoms with E-state index in [1.54, 1.807) is 27.8 Å². The van der Waals surface area contributed by atoms with Crippen molar-refractivity contribution in [2.24, 2.45) is 0 Å². The molecule has 5 aliphatic rings. The molecule has 59 heavy (non-hydrogen) atoms. The number of para-hydroxylation sites is 1. The van der Waals surface area contributed by atoms with Crippen molar-refractivity contribution in [1.29, 1.82) is 0 Å². The lowest BCUT2D eigenvalue weighted by Gasteiger charge is -2.48. The van der Waals surface area contributed by atoms with Crippen LogP contribution >= 0.6 is 0 Å². The standard InChI is InChI=1S/C56H65BN2/c1-33-26-37-36-28-40-42(55(10,11)24-22-53(40,6)7)30-46(36)58(32-34-18-19-38-39(27-34)52(4,5)21-20-51(38,2)3)57-44-29-41-43(56(12,13)25-23-54(41,8)9)31-47(44)59-45-17-15-14-16-35(45)48(33)50(59)49(37)57/h14-19,26-31H,20-25,32H2,1-13H3. The Morgan fingerprint density at radius 3 is 1.63 bits per heavy atom. The fourth-order valence-corrected chi connectivity index (χ4v) is 13.0. The zero-order chi connectivity index (χ0) is 41.6. The summed E-state index contributed by atoms with van der Waals surface area (Å²) in [4.78, 5) is 2.89. The maximum Gasteiger partial charge on any atom is 0.328 e. The quantitative estimate of drug-likeness (QED) is 0.159. The predicted molar refractivity (Wildman–Crippen MR) is 254 cm³/mol. The molecule has 0 radical (unpaired) electrons. The molecule has 0 amide bonds. The molecular weight excluding hydrogens is 711 g/mol. The Morgan fingerprint density at radius 2 is 1.02 bits per heavy atom. The van der Waals surface area contributed by atoms with Crippen LogP contribution in [0.1, 0.15) is 166 Å². The molecule has 0 saturated heterocycles. The zero-order valence-corrected chi connectivity index (χ0v) is 38.3. The molecule has 3 aliphatic carbocycles. The van der Waals surface area contributed by atoms with Crippen molar-refractivity contribution in [1.82, 2.24) is 4.57 Å². The van der Waals surface area contributed by atoms with Gasteiger partial charge in [0.1, 0.15) is 0 Å². The van der Waals surface area contributed by atoms with Crippen LogP contribution in [0.4, 0.5) is 5.69 Å². The largest absolute Gasteiger partial charge is 0.402 e. The van der Waals surface area contributed by atoms with Crippen LogP contribution in [0.2, 0.25) is 0 Å². The van der Waals surface area contributed by atoms with Crippen molar-refractivity contribution in [3.8, 4) is 16.8 Å². The van der Waals surface area contributed by atoms with Crippen molar-refractivity contribution in [3.63, 3.8) is 0 Å². The monoisotopic (exact) mass is 777 g/mol. The molecule has 0 spiro atoms. The Labute approximate surface area is 354 Å². The van der Waals surface area contributed by atoms with Gasteiger partial charge in [-0.05, 0) is 163 Å². The van der Waals surface area contributed by atoms with Crippen LogP contribution in [-0.2, 0) is 39.0 Å². The minimum Gasteiger partial charge on any atom is -0.402 e. The van der Waals surface area contributed by atoms with E-state index in [1.807, 2.05) is 0 Å². The van der Waals surface area contributed by atoms with E-state index in [4.69, 9.17) is 0 Å². The number of benzene rings is 5. The first kappa shape index (κ1) is 37.7. The number of aromatic nitrogens is 1. The summed E-state index contributed by atoms with van der Waals surface area (Å²) in [6.07, 6.45) is 7.30. The van der Waals surface area contributed by atoms with Gasteiger partial charge in [0.25, 0.3) is 0 Å². The van der Waals surface area contributed by atoms with E-state index in [0.29, 0.717) is 0 Å². The first-order valence-corrected chi connectivity index (χ1v) is 23.0. The second kappa shape index (κ2) is 11.6. The summed E-state index contributed by atoms with van der Waals surface area (Å²) in [5.74, 6) is 0. The Balaban J connectivity index is 1.27. The number of hydrogen-bond donors (Lipinski definition) is 0. The normalized spacial score (nSPS) is 21.7. The molecule has 0 unspecified atom stereocenters. The smallest absolute Gasteiger partial charge is 0.328 e. The molecule has 0 saturated carbocycles. The van der Waals surface area contributed by atoms with Crippen LogP contribution in [0, 0.1) is 6.92 Å². The second-order valence-corrected chi connectivity index (χ2v) is 23.8. The Kier molecular flexibility index (Phi) is 7.40. The minimum atomic E-state index is 0.0804. The van der Waals surface area contributed by atoms with Gasteiger partial charge in [0.2, 0.25) is 0 Å². The SMILES string of the molecule is Cc1cc2c3c4c1c1ccccc1n4-c1cc4c(cc1B3N(Cc1ccc3c(c1)C(C)(C)CCC3(C)C)c1cc3c(cc1-2)C(C)(C)CCC3(C)C)C(C)(C)CCC4(C)C. The highest BCUT2D eigenvalue weighted by Crippen LogP contribution is 2.54. The summed E-state index contributed by atoms with van der Waals surface area (Å²) >= 11 is 0. The van der Waals surface area contributed by atoms with Crippen molar-refractivity contribution in [2.45, 2.75) is 168 Å². The average molecular weight is 777 g/mol. The van der Waals surface area contributed by atoms with E-state index in [-0.39, 0.29) is 39.3 Å². The van der Waals surface area contributed by atoms with Crippen LogP contribution in [0.3, 0.4) is 0 Å². The Bertz CT molecular complexity index is 2840. The molecule has 11 rings (SSSR count). The molecule has 0 atom stereocenters. The minimum absolute atomic E-state index is 0.0804. The molecule has 2 aliphatic heterocycles. The molecule has 0 bridgehead atoms. The van der Waals surface area contributed by atoms with E-state index in [0.717, 1.165) is 6.54 Å².